The highest BCUT2D eigenvalue weighted by molar-refractivity contribution is 6.00. The predicted molar refractivity (Wildman–Crippen MR) is 100 cm³/mol. The Morgan fingerprint density at radius 2 is 1.72 bits per heavy atom. The van der Waals surface area contributed by atoms with Crippen LogP contribution in [0.5, 0.6) is 0 Å². The molecule has 0 saturated heterocycles. The Kier molecular flexibility index (Phi) is 4.12. The van der Waals surface area contributed by atoms with Crippen molar-refractivity contribution < 1.29 is 4.79 Å². The van der Waals surface area contributed by atoms with Crippen molar-refractivity contribution in [2.45, 2.75) is 44.7 Å². The lowest BCUT2D eigenvalue weighted by Gasteiger charge is -2.39. The average Bonchev–Trinajstić information content (AvgIpc) is 2.86. The number of fused-ring (bicyclic) bond motifs is 1. The lowest BCUT2D eigenvalue weighted by Crippen LogP contribution is -2.53. The average molecular weight is 334 g/mol. The van der Waals surface area contributed by atoms with Crippen LogP contribution in [0.3, 0.4) is 0 Å². The van der Waals surface area contributed by atoms with E-state index in [1.165, 1.54) is 37.7 Å². The first kappa shape index (κ1) is 16.3. The predicted octanol–water partition coefficient (Wildman–Crippen LogP) is 4.19. The fraction of sp³-hybridized carbons (Fsp3) is 0.409. The van der Waals surface area contributed by atoms with E-state index in [2.05, 4.69) is 31.2 Å². The van der Waals surface area contributed by atoms with Crippen LogP contribution in [0.1, 0.15) is 59.2 Å². The van der Waals surface area contributed by atoms with Crippen molar-refractivity contribution >= 4 is 5.91 Å². The second-order valence-electron chi connectivity index (χ2n) is 7.60. The lowest BCUT2D eigenvalue weighted by atomic mass is 9.87. The molecule has 0 aromatic heterocycles. The first-order valence-electron chi connectivity index (χ1n) is 9.38. The number of carbonyl (C=O) groups excluding carboxylic acids is 1. The van der Waals surface area contributed by atoms with Crippen molar-refractivity contribution in [3.63, 3.8) is 0 Å². The molecule has 2 N–H and O–H groups in total. The molecule has 2 aromatic rings. The number of nitrogens with zero attached hydrogens (tertiary/aromatic N) is 1. The number of hydrogen-bond acceptors (Lipinski definition) is 2. The third-order valence-corrected chi connectivity index (χ3v) is 5.90. The number of amides is 1. The highest BCUT2D eigenvalue weighted by Crippen LogP contribution is 2.41. The molecule has 1 saturated carbocycles. The molecule has 3 heteroatoms. The molecule has 1 amide bonds. The topological polar surface area (TPSA) is 46.3 Å². The van der Waals surface area contributed by atoms with Crippen LogP contribution >= 0.6 is 0 Å². The van der Waals surface area contributed by atoms with Gasteiger partial charge in [0.2, 0.25) is 0 Å². The Hall–Kier alpha value is -2.13. The normalized spacial score (nSPS) is 23.8. The Morgan fingerprint density at radius 3 is 2.44 bits per heavy atom. The first-order chi connectivity index (χ1) is 12.1. The minimum Gasteiger partial charge on any atom is -0.312 e. The molecule has 3 nitrogen and oxygen atoms in total. The van der Waals surface area contributed by atoms with Crippen molar-refractivity contribution in [1.82, 2.24) is 4.90 Å². The summed E-state index contributed by atoms with van der Waals surface area (Å²) in [5.41, 5.74) is 10.0. The summed E-state index contributed by atoms with van der Waals surface area (Å²) in [4.78, 5) is 15.1. The van der Waals surface area contributed by atoms with Gasteiger partial charge in [-0.1, -0.05) is 67.3 Å². The molecule has 1 atom stereocenters. The summed E-state index contributed by atoms with van der Waals surface area (Å²) < 4.78 is 0. The number of benzene rings is 2. The van der Waals surface area contributed by atoms with Crippen LogP contribution in [0.25, 0.3) is 0 Å². The van der Waals surface area contributed by atoms with E-state index < -0.39 is 5.66 Å². The van der Waals surface area contributed by atoms with Gasteiger partial charge in [-0.25, -0.2) is 0 Å². The number of hydrogen-bond donors (Lipinski definition) is 1. The van der Waals surface area contributed by atoms with Gasteiger partial charge in [-0.05, 0) is 37.3 Å². The number of carbonyl (C=O) groups is 1. The van der Waals surface area contributed by atoms with E-state index in [-0.39, 0.29) is 5.91 Å². The van der Waals surface area contributed by atoms with Gasteiger partial charge < -0.3 is 10.6 Å². The van der Waals surface area contributed by atoms with Crippen LogP contribution in [0.4, 0.5) is 0 Å². The number of aryl methyl sites for hydroxylation is 1. The van der Waals surface area contributed by atoms with E-state index in [9.17, 15) is 4.79 Å². The van der Waals surface area contributed by atoms with Crippen molar-refractivity contribution in [1.29, 1.82) is 0 Å². The molecule has 1 heterocycles. The zero-order chi connectivity index (χ0) is 17.4. The third-order valence-electron chi connectivity index (χ3n) is 5.90. The fourth-order valence-electron chi connectivity index (χ4n) is 4.43. The summed E-state index contributed by atoms with van der Waals surface area (Å²) in [6.45, 7) is 2.82. The van der Waals surface area contributed by atoms with E-state index in [0.717, 1.165) is 23.2 Å². The third kappa shape index (κ3) is 2.67. The summed E-state index contributed by atoms with van der Waals surface area (Å²) in [7, 11) is 0. The maximum absolute atomic E-state index is 13.2. The molecule has 1 fully saturated rings. The van der Waals surface area contributed by atoms with Crippen LogP contribution in [0.15, 0.2) is 48.5 Å². The van der Waals surface area contributed by atoms with Crippen LogP contribution in [-0.2, 0) is 5.66 Å². The standard InChI is InChI=1S/C22H26N2O/c1-16-11-13-18(14-12-16)22(23)20-10-6-5-9-19(20)21(25)24(22)15-17-7-3-2-4-8-17/h5-6,9-14,17H,2-4,7-8,15,23H2,1H3. The van der Waals surface area contributed by atoms with Crippen molar-refractivity contribution in [2.24, 2.45) is 11.7 Å². The van der Waals surface area contributed by atoms with Gasteiger partial charge in [-0.15, -0.1) is 0 Å². The summed E-state index contributed by atoms with van der Waals surface area (Å²) in [6, 6.07) is 16.1. The van der Waals surface area contributed by atoms with Gasteiger partial charge in [-0.2, -0.15) is 0 Å². The zero-order valence-electron chi connectivity index (χ0n) is 14.9. The minimum atomic E-state index is -0.862. The van der Waals surface area contributed by atoms with E-state index in [0.29, 0.717) is 5.92 Å². The molecule has 0 bridgehead atoms. The van der Waals surface area contributed by atoms with Crippen LogP contribution < -0.4 is 5.73 Å². The molecule has 0 spiro atoms. The second-order valence-corrected chi connectivity index (χ2v) is 7.60. The van der Waals surface area contributed by atoms with Gasteiger partial charge >= 0.3 is 0 Å². The highest BCUT2D eigenvalue weighted by Gasteiger charge is 2.48. The van der Waals surface area contributed by atoms with Gasteiger partial charge in [0.05, 0.1) is 0 Å². The summed E-state index contributed by atoms with van der Waals surface area (Å²) in [6.07, 6.45) is 6.24. The molecule has 25 heavy (non-hydrogen) atoms. The summed E-state index contributed by atoms with van der Waals surface area (Å²) >= 11 is 0. The van der Waals surface area contributed by atoms with E-state index in [1.54, 1.807) is 0 Å². The summed E-state index contributed by atoms with van der Waals surface area (Å²) in [5.74, 6) is 0.629. The molecule has 1 unspecified atom stereocenters. The Morgan fingerprint density at radius 1 is 1.04 bits per heavy atom. The fourth-order valence-corrected chi connectivity index (χ4v) is 4.43. The molecular formula is C22H26N2O. The molecule has 2 aliphatic rings. The Balaban J connectivity index is 1.78. The van der Waals surface area contributed by atoms with Gasteiger partial charge in [-0.3, -0.25) is 4.79 Å². The SMILES string of the molecule is Cc1ccc(C2(N)c3ccccc3C(=O)N2CC2CCCCC2)cc1. The van der Waals surface area contributed by atoms with Crippen molar-refractivity contribution in [3.8, 4) is 0 Å². The zero-order valence-corrected chi connectivity index (χ0v) is 14.9. The van der Waals surface area contributed by atoms with Crippen molar-refractivity contribution in [2.75, 3.05) is 6.54 Å². The lowest BCUT2D eigenvalue weighted by molar-refractivity contribution is 0.0562. The van der Waals surface area contributed by atoms with E-state index >= 15 is 0 Å². The van der Waals surface area contributed by atoms with Gasteiger partial charge in [0.1, 0.15) is 5.66 Å². The van der Waals surface area contributed by atoms with E-state index in [1.807, 2.05) is 29.2 Å². The molecular weight excluding hydrogens is 308 g/mol. The van der Waals surface area contributed by atoms with Crippen LogP contribution in [0.2, 0.25) is 0 Å². The second kappa shape index (κ2) is 6.30. The molecule has 0 radical (unpaired) electrons. The van der Waals surface area contributed by atoms with Crippen LogP contribution in [0, 0.1) is 12.8 Å². The smallest absolute Gasteiger partial charge is 0.256 e. The van der Waals surface area contributed by atoms with Gasteiger partial charge in [0, 0.05) is 17.7 Å². The minimum absolute atomic E-state index is 0.0734. The highest BCUT2D eigenvalue weighted by atomic mass is 16.2. The molecule has 1 aliphatic carbocycles. The summed E-state index contributed by atoms with van der Waals surface area (Å²) in [5, 5.41) is 0. The molecule has 1 aliphatic heterocycles. The Bertz CT molecular complexity index is 777. The first-order valence-corrected chi connectivity index (χ1v) is 9.38. The van der Waals surface area contributed by atoms with Gasteiger partial charge in [0.15, 0.2) is 0 Å². The van der Waals surface area contributed by atoms with E-state index in [4.69, 9.17) is 5.73 Å². The molecule has 4 rings (SSSR count). The Labute approximate surface area is 149 Å². The largest absolute Gasteiger partial charge is 0.312 e. The monoisotopic (exact) mass is 334 g/mol. The van der Waals surface area contributed by atoms with Gasteiger partial charge in [0.25, 0.3) is 5.91 Å². The number of rotatable bonds is 3. The maximum Gasteiger partial charge on any atom is 0.256 e. The number of nitrogens with two attached hydrogens (primary N) is 1. The maximum atomic E-state index is 13.2. The van der Waals surface area contributed by atoms with Crippen molar-refractivity contribution in [3.05, 3.63) is 70.8 Å². The van der Waals surface area contributed by atoms with Crippen LogP contribution in [-0.4, -0.2) is 17.4 Å². The molecule has 2 aromatic carbocycles. The molecule has 130 valence electrons. The quantitative estimate of drug-likeness (QED) is 0.915.